The number of rotatable bonds is 5. The number of piperazine rings is 1. The quantitative estimate of drug-likeness (QED) is 0.422. The van der Waals surface area contributed by atoms with E-state index in [2.05, 4.69) is 28.1 Å². The van der Waals surface area contributed by atoms with Crippen molar-refractivity contribution in [1.29, 1.82) is 0 Å². The number of aromatic amines is 1. The van der Waals surface area contributed by atoms with Crippen molar-refractivity contribution in [2.24, 2.45) is 0 Å². The summed E-state index contributed by atoms with van der Waals surface area (Å²) in [5, 5.41) is 0.566. The molecule has 1 aliphatic heterocycles. The Labute approximate surface area is 204 Å². The number of amides is 1. The van der Waals surface area contributed by atoms with Gasteiger partial charge in [0.2, 0.25) is 0 Å². The molecule has 7 heteroatoms. The lowest BCUT2D eigenvalue weighted by molar-refractivity contribution is 0.0747. The molecule has 0 spiro atoms. The van der Waals surface area contributed by atoms with Gasteiger partial charge in [-0.15, -0.1) is 0 Å². The van der Waals surface area contributed by atoms with Crippen LogP contribution in [0.4, 0.5) is 5.69 Å². The number of carbonyl (C=O) groups is 1. The number of aromatic nitrogens is 2. The Morgan fingerprint density at radius 3 is 2.53 bits per heavy atom. The van der Waals surface area contributed by atoms with Crippen LogP contribution in [0.2, 0.25) is 0 Å². The van der Waals surface area contributed by atoms with E-state index in [0.717, 1.165) is 32.4 Å². The van der Waals surface area contributed by atoms with Crippen LogP contribution in [0.1, 0.15) is 42.5 Å². The van der Waals surface area contributed by atoms with Crippen LogP contribution in [0.3, 0.4) is 0 Å². The van der Waals surface area contributed by atoms with Gasteiger partial charge in [0.15, 0.2) is 4.77 Å². The largest absolute Gasteiger partial charge is 0.368 e. The first-order chi connectivity index (χ1) is 16.6. The van der Waals surface area contributed by atoms with E-state index in [1.807, 2.05) is 23.1 Å². The van der Waals surface area contributed by atoms with Crippen LogP contribution < -0.4 is 10.5 Å². The monoisotopic (exact) mass is 474 g/mol. The van der Waals surface area contributed by atoms with Crippen molar-refractivity contribution >= 4 is 34.7 Å². The number of anilines is 1. The number of hydrogen-bond donors (Lipinski definition) is 1. The number of fused-ring (bicyclic) bond motifs is 1. The normalized spacial score (nSPS) is 16.5. The first-order valence-electron chi connectivity index (χ1n) is 12.1. The maximum absolute atomic E-state index is 13.2. The summed E-state index contributed by atoms with van der Waals surface area (Å²) in [4.78, 5) is 33.7. The first kappa shape index (κ1) is 22.6. The van der Waals surface area contributed by atoms with Gasteiger partial charge < -0.3 is 14.8 Å². The average Bonchev–Trinajstić information content (AvgIpc) is 2.89. The fourth-order valence-electron chi connectivity index (χ4n) is 4.97. The fourth-order valence-corrected chi connectivity index (χ4v) is 5.25. The zero-order valence-electron chi connectivity index (χ0n) is 19.3. The van der Waals surface area contributed by atoms with Crippen molar-refractivity contribution in [2.75, 3.05) is 31.1 Å². The molecular formula is C27H30N4O2S. The van der Waals surface area contributed by atoms with E-state index in [1.54, 1.807) is 22.8 Å². The van der Waals surface area contributed by atoms with Gasteiger partial charge >= 0.3 is 0 Å². The molecular weight excluding hydrogens is 444 g/mol. The van der Waals surface area contributed by atoms with Crippen molar-refractivity contribution in [1.82, 2.24) is 14.5 Å². The van der Waals surface area contributed by atoms with Crippen LogP contribution in [0.15, 0.2) is 65.0 Å². The Hall–Kier alpha value is -3.19. The van der Waals surface area contributed by atoms with Crippen molar-refractivity contribution in [2.45, 2.75) is 38.6 Å². The van der Waals surface area contributed by atoms with Crippen LogP contribution in [-0.4, -0.2) is 46.5 Å². The summed E-state index contributed by atoms with van der Waals surface area (Å²) in [7, 11) is 0. The number of benzene rings is 2. The molecule has 5 rings (SSSR count). The standard InChI is InChI=1S/C27H30N4O2S/c32-25(30-17-15-29(16-18-30)22-9-5-2-6-10-22)21-11-12-23-24(19-21)28-27(34)31(26(23)33)14-13-20-7-3-1-4-8-20/h2,5-7,9-12,19H,1,3-4,8,13-18H2,(H,28,34). The Morgan fingerprint density at radius 2 is 1.79 bits per heavy atom. The smallest absolute Gasteiger partial charge is 0.262 e. The van der Waals surface area contributed by atoms with Crippen LogP contribution in [-0.2, 0) is 6.54 Å². The molecule has 6 nitrogen and oxygen atoms in total. The van der Waals surface area contributed by atoms with E-state index in [0.29, 0.717) is 40.9 Å². The van der Waals surface area contributed by atoms with Crippen molar-refractivity contribution in [3.63, 3.8) is 0 Å². The van der Waals surface area contributed by atoms with Crippen molar-refractivity contribution in [3.05, 3.63) is 80.9 Å². The number of hydrogen-bond acceptors (Lipinski definition) is 4. The topological polar surface area (TPSA) is 61.3 Å². The summed E-state index contributed by atoms with van der Waals surface area (Å²) in [6.45, 7) is 3.51. The lowest BCUT2D eigenvalue weighted by Gasteiger charge is -2.36. The minimum atomic E-state index is -0.0920. The summed E-state index contributed by atoms with van der Waals surface area (Å²) in [6.07, 6.45) is 7.89. The molecule has 2 heterocycles. The Balaban J connectivity index is 1.31. The average molecular weight is 475 g/mol. The molecule has 0 unspecified atom stereocenters. The highest BCUT2D eigenvalue weighted by Gasteiger charge is 2.23. The first-order valence-corrected chi connectivity index (χ1v) is 12.5. The third-order valence-corrected chi connectivity index (χ3v) is 7.28. The summed E-state index contributed by atoms with van der Waals surface area (Å²) >= 11 is 5.51. The predicted molar refractivity (Wildman–Crippen MR) is 139 cm³/mol. The molecule has 1 saturated heterocycles. The molecule has 1 aromatic heterocycles. The van der Waals surface area contributed by atoms with E-state index in [4.69, 9.17) is 12.2 Å². The van der Waals surface area contributed by atoms with Gasteiger partial charge in [-0.05, 0) is 74.7 Å². The molecule has 1 N–H and O–H groups in total. The number of nitrogens with zero attached hydrogens (tertiary/aromatic N) is 3. The highest BCUT2D eigenvalue weighted by Crippen LogP contribution is 2.21. The van der Waals surface area contributed by atoms with Crippen LogP contribution in [0.5, 0.6) is 0 Å². The molecule has 0 radical (unpaired) electrons. The van der Waals surface area contributed by atoms with Crippen LogP contribution in [0.25, 0.3) is 10.9 Å². The van der Waals surface area contributed by atoms with Crippen LogP contribution in [0, 0.1) is 4.77 Å². The lowest BCUT2D eigenvalue weighted by atomic mass is 9.97. The van der Waals surface area contributed by atoms with Crippen molar-refractivity contribution in [3.8, 4) is 0 Å². The molecule has 0 bridgehead atoms. The SMILES string of the molecule is O=C(c1ccc2c(=O)n(CCC3=CCCCC3)c(=S)[nH]c2c1)N1CCN(c2ccccc2)CC1. The Bertz CT molecular complexity index is 1330. The second kappa shape index (κ2) is 9.97. The molecule has 3 aromatic rings. The molecule has 1 amide bonds. The van der Waals surface area contributed by atoms with Gasteiger partial charge in [-0.3, -0.25) is 14.2 Å². The maximum Gasteiger partial charge on any atom is 0.262 e. The maximum atomic E-state index is 13.2. The third-order valence-electron chi connectivity index (χ3n) is 6.96. The predicted octanol–water partition coefficient (Wildman–Crippen LogP) is 4.91. The Kier molecular flexibility index (Phi) is 6.63. The third kappa shape index (κ3) is 4.71. The zero-order chi connectivity index (χ0) is 23.5. The Morgan fingerprint density at radius 1 is 1.00 bits per heavy atom. The minimum absolute atomic E-state index is 0.0117. The van der Waals surface area contributed by atoms with Gasteiger partial charge in [-0.25, -0.2) is 0 Å². The molecule has 1 fully saturated rings. The van der Waals surface area contributed by atoms with E-state index in [-0.39, 0.29) is 11.5 Å². The molecule has 176 valence electrons. The highest BCUT2D eigenvalue weighted by atomic mass is 32.1. The molecule has 2 aromatic carbocycles. The second-order valence-electron chi connectivity index (χ2n) is 9.12. The molecule has 0 atom stereocenters. The molecule has 0 saturated carbocycles. The van der Waals surface area contributed by atoms with E-state index in [1.165, 1.54) is 24.1 Å². The number of H-pyrrole nitrogens is 1. The zero-order valence-corrected chi connectivity index (χ0v) is 20.2. The van der Waals surface area contributed by atoms with Gasteiger partial charge in [-0.2, -0.15) is 0 Å². The summed E-state index contributed by atoms with van der Waals surface area (Å²) < 4.78 is 2.06. The minimum Gasteiger partial charge on any atom is -0.368 e. The summed E-state index contributed by atoms with van der Waals surface area (Å²) in [6, 6.07) is 15.6. The van der Waals surface area contributed by atoms with E-state index < -0.39 is 0 Å². The van der Waals surface area contributed by atoms with E-state index >= 15 is 0 Å². The van der Waals surface area contributed by atoms with E-state index in [9.17, 15) is 9.59 Å². The highest BCUT2D eigenvalue weighted by molar-refractivity contribution is 7.71. The van der Waals surface area contributed by atoms with Crippen LogP contribution >= 0.6 is 12.2 Å². The number of nitrogens with one attached hydrogen (secondary N) is 1. The number of allylic oxidation sites excluding steroid dienone is 2. The van der Waals surface area contributed by atoms with Gasteiger partial charge in [0.25, 0.3) is 11.5 Å². The van der Waals surface area contributed by atoms with Crippen molar-refractivity contribution < 1.29 is 4.79 Å². The van der Waals surface area contributed by atoms with Gasteiger partial charge in [-0.1, -0.05) is 29.8 Å². The molecule has 2 aliphatic rings. The number of para-hydroxylation sites is 1. The van der Waals surface area contributed by atoms with Gasteiger partial charge in [0, 0.05) is 44.0 Å². The summed E-state index contributed by atoms with van der Waals surface area (Å²) in [5.41, 5.74) is 3.71. The van der Waals surface area contributed by atoms with Gasteiger partial charge in [0.1, 0.15) is 0 Å². The summed E-state index contributed by atoms with van der Waals surface area (Å²) in [5.74, 6) is -0.0117. The second-order valence-corrected chi connectivity index (χ2v) is 9.51. The fraction of sp³-hybridized carbons (Fsp3) is 0.370. The molecule has 1 aliphatic carbocycles. The number of carbonyl (C=O) groups excluding carboxylic acids is 1. The van der Waals surface area contributed by atoms with Gasteiger partial charge in [0.05, 0.1) is 10.9 Å². The lowest BCUT2D eigenvalue weighted by Crippen LogP contribution is -2.48. The molecule has 34 heavy (non-hydrogen) atoms.